The summed E-state index contributed by atoms with van der Waals surface area (Å²) in [5.74, 6) is -0.392. The maximum Gasteiger partial charge on any atom is 0.330 e. The lowest BCUT2D eigenvalue weighted by Gasteiger charge is -2.34. The van der Waals surface area contributed by atoms with Crippen LogP contribution < -0.4 is 0 Å². The van der Waals surface area contributed by atoms with Crippen LogP contribution in [0.25, 0.3) is 77.5 Å². The van der Waals surface area contributed by atoms with E-state index in [2.05, 4.69) is 176 Å². The molecule has 2 heteroatoms. The first-order chi connectivity index (χ1) is 28.3. The van der Waals surface area contributed by atoms with Gasteiger partial charge in [-0.1, -0.05) is 163 Å². The van der Waals surface area contributed by atoms with Crippen molar-refractivity contribution in [1.82, 2.24) is 0 Å². The van der Waals surface area contributed by atoms with Gasteiger partial charge in [0, 0.05) is 16.9 Å². The van der Waals surface area contributed by atoms with Gasteiger partial charge in [0.1, 0.15) is 0 Å². The van der Waals surface area contributed by atoms with E-state index in [0.717, 1.165) is 12.0 Å². The van der Waals surface area contributed by atoms with Crippen molar-refractivity contribution in [3.05, 3.63) is 180 Å². The van der Waals surface area contributed by atoms with Gasteiger partial charge < -0.3 is 4.74 Å². The molecule has 0 saturated heterocycles. The Morgan fingerprint density at radius 1 is 0.610 bits per heavy atom. The second-order valence-corrected chi connectivity index (χ2v) is 18.5. The molecule has 59 heavy (non-hydrogen) atoms. The lowest BCUT2D eigenvalue weighted by Crippen LogP contribution is -2.27. The quantitative estimate of drug-likeness (QED) is 0.0666. The number of hydrogen-bond donors (Lipinski definition) is 0. The molecule has 290 valence electrons. The Hall–Kier alpha value is -6.25. The molecular weight excluding hydrogens is 717 g/mol. The zero-order chi connectivity index (χ0) is 41.0. The molecule has 0 aliphatic heterocycles. The third kappa shape index (κ3) is 5.42. The van der Waals surface area contributed by atoms with Gasteiger partial charge in [-0.15, -0.1) is 0 Å². The number of allylic oxidation sites excluding steroid dienone is 1. The number of hydrogen-bond acceptors (Lipinski definition) is 2. The number of esters is 1. The molecule has 7 aromatic rings. The van der Waals surface area contributed by atoms with E-state index < -0.39 is 11.4 Å². The van der Waals surface area contributed by atoms with Crippen LogP contribution in [-0.2, 0) is 25.8 Å². The number of benzene rings is 7. The average molecular weight is 767 g/mol. The molecular formula is C57H50O2. The lowest BCUT2D eigenvalue weighted by atomic mass is 9.69. The van der Waals surface area contributed by atoms with Crippen LogP contribution in [0.1, 0.15) is 82.2 Å². The Balaban J connectivity index is 1.10. The second-order valence-electron chi connectivity index (χ2n) is 18.5. The molecule has 0 amide bonds. The largest absolute Gasteiger partial charge is 0.463 e. The summed E-state index contributed by atoms with van der Waals surface area (Å²) in [6.45, 7) is 22.5. The minimum Gasteiger partial charge on any atom is -0.463 e. The van der Waals surface area contributed by atoms with Crippen molar-refractivity contribution >= 4 is 16.7 Å². The first kappa shape index (κ1) is 37.0. The monoisotopic (exact) mass is 766 g/mol. The van der Waals surface area contributed by atoms with Gasteiger partial charge in [0.15, 0.2) is 0 Å². The summed E-state index contributed by atoms with van der Waals surface area (Å²) in [5.41, 5.74) is 22.4. The van der Waals surface area contributed by atoms with Gasteiger partial charge in [-0.05, 0) is 149 Å². The van der Waals surface area contributed by atoms with Crippen LogP contribution in [0.5, 0.6) is 0 Å². The Labute approximate surface area is 348 Å². The zero-order valence-corrected chi connectivity index (χ0v) is 35.1. The van der Waals surface area contributed by atoms with Gasteiger partial charge in [0.25, 0.3) is 0 Å². The van der Waals surface area contributed by atoms with E-state index in [0.29, 0.717) is 13.0 Å². The van der Waals surface area contributed by atoms with Gasteiger partial charge in [-0.3, -0.25) is 0 Å². The molecule has 0 bridgehead atoms. The normalized spacial score (nSPS) is 16.2. The topological polar surface area (TPSA) is 26.3 Å². The molecule has 2 nitrogen and oxygen atoms in total. The molecule has 0 N–H and O–H groups in total. The fourth-order valence-electron chi connectivity index (χ4n) is 10.7. The summed E-state index contributed by atoms with van der Waals surface area (Å²) in [5, 5.41) is 2.59. The standard InChI is InChI=1S/C57H50O2/c1-9-53(58)59-29-13-28-57(34(2)3)51-31-36(35-18-22-42-43-25-21-38(55(4,5)6)33-50(43)56(7,8)49(42)30-35)19-23-44(51)45-24-20-37(32-52(45)57)39-26-27-48-41-15-11-10-14-40(41)47-17-12-16-46(39)54(47)48/h9-12,14-27,30-33H,1-2,13,28-29H2,3-8H3. The highest BCUT2D eigenvalue weighted by atomic mass is 16.5. The molecule has 0 aromatic heterocycles. The molecule has 10 rings (SSSR count). The van der Waals surface area contributed by atoms with Gasteiger partial charge in [-0.2, -0.15) is 0 Å². The van der Waals surface area contributed by atoms with E-state index >= 15 is 0 Å². The minimum atomic E-state index is -0.488. The van der Waals surface area contributed by atoms with Crippen molar-refractivity contribution in [2.75, 3.05) is 6.61 Å². The summed E-state index contributed by atoms with van der Waals surface area (Å²) in [6, 6.07) is 48.3. The van der Waals surface area contributed by atoms with Gasteiger partial charge in [0.2, 0.25) is 0 Å². The molecule has 0 saturated carbocycles. The SMILES string of the molecule is C=CC(=O)OCCCC1(C(=C)C)c2cc(-c3ccc4c(c3)C(C)(C)c3cc(C(C)(C)C)ccc3-4)ccc2-c2ccc(-c3ccc4c5c(cccc35)-c3ccccc3-4)cc21. The summed E-state index contributed by atoms with van der Waals surface area (Å²) in [4.78, 5) is 12.2. The van der Waals surface area contributed by atoms with Crippen LogP contribution in [0.4, 0.5) is 0 Å². The highest BCUT2D eigenvalue weighted by molar-refractivity contribution is 6.18. The number of carbonyl (C=O) groups excluding carboxylic acids is 1. The number of fused-ring (bicyclic) bond motifs is 9. The number of rotatable bonds is 8. The highest BCUT2D eigenvalue weighted by Crippen LogP contribution is 2.58. The Bertz CT molecular complexity index is 2940. The van der Waals surface area contributed by atoms with Gasteiger partial charge in [-0.25, -0.2) is 4.79 Å². The fraction of sp³-hybridized carbons (Fsp3) is 0.211. The van der Waals surface area contributed by atoms with Crippen LogP contribution in [0.3, 0.4) is 0 Å². The van der Waals surface area contributed by atoms with E-state index in [9.17, 15) is 4.79 Å². The smallest absolute Gasteiger partial charge is 0.330 e. The van der Waals surface area contributed by atoms with Crippen molar-refractivity contribution in [3.8, 4) is 66.8 Å². The zero-order valence-electron chi connectivity index (χ0n) is 35.1. The van der Waals surface area contributed by atoms with Crippen LogP contribution in [0, 0.1) is 0 Å². The van der Waals surface area contributed by atoms with Crippen LogP contribution in [0.2, 0.25) is 0 Å². The summed E-state index contributed by atoms with van der Waals surface area (Å²) in [7, 11) is 0. The van der Waals surface area contributed by atoms with Crippen molar-refractivity contribution in [3.63, 3.8) is 0 Å². The Morgan fingerprint density at radius 2 is 1.12 bits per heavy atom. The predicted octanol–water partition coefficient (Wildman–Crippen LogP) is 14.8. The molecule has 1 atom stereocenters. The minimum absolute atomic E-state index is 0.0823. The molecule has 7 aromatic carbocycles. The van der Waals surface area contributed by atoms with Crippen molar-refractivity contribution in [1.29, 1.82) is 0 Å². The fourth-order valence-corrected chi connectivity index (χ4v) is 10.7. The van der Waals surface area contributed by atoms with Crippen LogP contribution in [-0.4, -0.2) is 12.6 Å². The maximum atomic E-state index is 12.2. The first-order valence-corrected chi connectivity index (χ1v) is 21.0. The second kappa shape index (κ2) is 13.1. The van der Waals surface area contributed by atoms with Crippen molar-refractivity contribution in [2.45, 2.75) is 70.6 Å². The van der Waals surface area contributed by atoms with E-state index in [1.54, 1.807) is 0 Å². The van der Waals surface area contributed by atoms with Crippen molar-refractivity contribution < 1.29 is 9.53 Å². The summed E-state index contributed by atoms with van der Waals surface area (Å²) >= 11 is 0. The Morgan fingerprint density at radius 3 is 1.75 bits per heavy atom. The van der Waals surface area contributed by atoms with Crippen LogP contribution in [0.15, 0.2) is 152 Å². The third-order valence-corrected chi connectivity index (χ3v) is 13.8. The number of carbonyl (C=O) groups is 1. The van der Waals surface area contributed by atoms with E-state index in [1.807, 2.05) is 0 Å². The lowest BCUT2D eigenvalue weighted by molar-refractivity contribution is -0.137. The molecule has 0 radical (unpaired) electrons. The predicted molar refractivity (Wildman–Crippen MR) is 247 cm³/mol. The molecule has 0 spiro atoms. The van der Waals surface area contributed by atoms with E-state index in [4.69, 9.17) is 11.3 Å². The van der Waals surface area contributed by atoms with E-state index in [-0.39, 0.29) is 10.8 Å². The summed E-state index contributed by atoms with van der Waals surface area (Å²) in [6.07, 6.45) is 2.67. The van der Waals surface area contributed by atoms with E-state index in [1.165, 1.54) is 111 Å². The molecule has 0 fully saturated rings. The first-order valence-electron chi connectivity index (χ1n) is 21.0. The van der Waals surface area contributed by atoms with Gasteiger partial charge >= 0.3 is 5.97 Å². The molecule has 1 unspecified atom stereocenters. The summed E-state index contributed by atoms with van der Waals surface area (Å²) < 4.78 is 5.57. The highest BCUT2D eigenvalue weighted by Gasteiger charge is 2.44. The van der Waals surface area contributed by atoms with Crippen LogP contribution >= 0.6 is 0 Å². The van der Waals surface area contributed by atoms with Gasteiger partial charge in [0.05, 0.1) is 6.61 Å². The third-order valence-electron chi connectivity index (χ3n) is 13.8. The Kier molecular flexibility index (Phi) is 8.25. The van der Waals surface area contributed by atoms with Crippen molar-refractivity contribution in [2.24, 2.45) is 0 Å². The molecule has 0 heterocycles. The molecule has 3 aliphatic rings. The number of ether oxygens (including phenoxy) is 1. The molecule has 3 aliphatic carbocycles. The average Bonchev–Trinajstić information content (AvgIpc) is 3.80. The maximum absolute atomic E-state index is 12.2.